The monoisotopic (exact) mass is 265 g/mol. The number of hydrogen-bond acceptors (Lipinski definition) is 1. The average Bonchev–Trinajstić information content (AvgIpc) is 2.38. The Labute approximate surface area is 110 Å². The fourth-order valence-electron chi connectivity index (χ4n) is 2.15. The maximum Gasteiger partial charge on any atom is 0.161 e. The van der Waals surface area contributed by atoms with E-state index in [2.05, 4.69) is 5.32 Å². The third-order valence-electron chi connectivity index (χ3n) is 3.14. The predicted molar refractivity (Wildman–Crippen MR) is 68.4 cm³/mol. The van der Waals surface area contributed by atoms with Crippen LogP contribution in [0.4, 0.5) is 13.2 Å². The molecular weight excluding hydrogens is 251 g/mol. The molecule has 1 atom stereocenters. The van der Waals surface area contributed by atoms with Gasteiger partial charge in [0.25, 0.3) is 0 Å². The van der Waals surface area contributed by atoms with Crippen molar-refractivity contribution in [3.05, 3.63) is 70.5 Å². The van der Waals surface area contributed by atoms with E-state index in [4.69, 9.17) is 0 Å². The van der Waals surface area contributed by atoms with Crippen LogP contribution in [-0.4, -0.2) is 7.05 Å². The summed E-state index contributed by atoms with van der Waals surface area (Å²) in [5.41, 5.74) is 1.87. The zero-order valence-electron chi connectivity index (χ0n) is 10.7. The molecule has 0 heterocycles. The maximum atomic E-state index is 13.8. The van der Waals surface area contributed by atoms with Gasteiger partial charge >= 0.3 is 0 Å². The van der Waals surface area contributed by atoms with Gasteiger partial charge < -0.3 is 5.32 Å². The molecule has 0 bridgehead atoms. The van der Waals surface area contributed by atoms with E-state index in [1.807, 2.05) is 31.2 Å². The van der Waals surface area contributed by atoms with Gasteiger partial charge in [-0.3, -0.25) is 0 Å². The zero-order valence-corrected chi connectivity index (χ0v) is 10.7. The lowest BCUT2D eigenvalue weighted by molar-refractivity contribution is 0.483. The van der Waals surface area contributed by atoms with Crippen molar-refractivity contribution in [2.75, 3.05) is 7.05 Å². The summed E-state index contributed by atoms with van der Waals surface area (Å²) in [6.07, 6.45) is 0. The lowest BCUT2D eigenvalue weighted by Gasteiger charge is -2.20. The van der Waals surface area contributed by atoms with Crippen molar-refractivity contribution in [2.45, 2.75) is 13.0 Å². The van der Waals surface area contributed by atoms with Crippen LogP contribution in [0, 0.1) is 24.4 Å². The third kappa shape index (κ3) is 2.63. The molecule has 1 nitrogen and oxygen atoms in total. The number of nitrogens with one attached hydrogen (secondary N) is 1. The fourth-order valence-corrected chi connectivity index (χ4v) is 2.15. The number of hydrogen-bond donors (Lipinski definition) is 1. The summed E-state index contributed by atoms with van der Waals surface area (Å²) in [6.45, 7) is 1.89. The molecule has 0 fully saturated rings. The van der Waals surface area contributed by atoms with Gasteiger partial charge in [-0.25, -0.2) is 13.2 Å². The SMILES string of the molecule is CNC(c1ccccc1C)c1cc(F)c(F)cc1F. The number of aryl methyl sites for hydroxylation is 1. The Balaban J connectivity index is 2.55. The summed E-state index contributed by atoms with van der Waals surface area (Å²) >= 11 is 0. The highest BCUT2D eigenvalue weighted by molar-refractivity contribution is 5.37. The Morgan fingerprint density at radius 1 is 0.895 bits per heavy atom. The van der Waals surface area contributed by atoms with Gasteiger partial charge in [-0.1, -0.05) is 24.3 Å². The van der Waals surface area contributed by atoms with Crippen LogP contribution < -0.4 is 5.32 Å². The topological polar surface area (TPSA) is 12.0 Å². The molecule has 0 amide bonds. The molecule has 2 aromatic rings. The van der Waals surface area contributed by atoms with E-state index in [0.29, 0.717) is 6.07 Å². The van der Waals surface area contributed by atoms with Crippen LogP contribution in [0.2, 0.25) is 0 Å². The highest BCUT2D eigenvalue weighted by atomic mass is 19.2. The third-order valence-corrected chi connectivity index (χ3v) is 3.14. The Morgan fingerprint density at radius 2 is 1.53 bits per heavy atom. The van der Waals surface area contributed by atoms with Crippen molar-refractivity contribution in [1.29, 1.82) is 0 Å². The highest BCUT2D eigenvalue weighted by Gasteiger charge is 2.20. The molecule has 0 radical (unpaired) electrons. The van der Waals surface area contributed by atoms with Gasteiger partial charge in [0.1, 0.15) is 5.82 Å². The van der Waals surface area contributed by atoms with Gasteiger partial charge in [0.15, 0.2) is 11.6 Å². The molecule has 0 aliphatic carbocycles. The van der Waals surface area contributed by atoms with Gasteiger partial charge in [0.2, 0.25) is 0 Å². The fraction of sp³-hybridized carbons (Fsp3) is 0.200. The van der Waals surface area contributed by atoms with Crippen LogP contribution in [0.25, 0.3) is 0 Å². The smallest absolute Gasteiger partial charge is 0.161 e. The van der Waals surface area contributed by atoms with E-state index >= 15 is 0 Å². The molecule has 19 heavy (non-hydrogen) atoms. The van der Waals surface area contributed by atoms with E-state index < -0.39 is 23.5 Å². The maximum absolute atomic E-state index is 13.8. The number of halogens is 3. The second-order valence-corrected chi connectivity index (χ2v) is 4.37. The van der Waals surface area contributed by atoms with E-state index in [1.165, 1.54) is 0 Å². The quantitative estimate of drug-likeness (QED) is 0.834. The van der Waals surface area contributed by atoms with Crippen LogP contribution in [0.15, 0.2) is 36.4 Å². The molecule has 4 heteroatoms. The standard InChI is InChI=1S/C15H14F3N/c1-9-5-3-4-6-10(9)15(19-2)11-7-13(17)14(18)8-12(11)16/h3-8,15,19H,1-2H3. The summed E-state index contributed by atoms with van der Waals surface area (Å²) in [4.78, 5) is 0. The molecule has 0 aliphatic rings. The van der Waals surface area contributed by atoms with Crippen molar-refractivity contribution in [2.24, 2.45) is 0 Å². The highest BCUT2D eigenvalue weighted by Crippen LogP contribution is 2.27. The lowest BCUT2D eigenvalue weighted by atomic mass is 9.94. The number of benzene rings is 2. The number of rotatable bonds is 3. The second kappa shape index (κ2) is 5.45. The van der Waals surface area contributed by atoms with Gasteiger partial charge in [-0.2, -0.15) is 0 Å². The first-order valence-electron chi connectivity index (χ1n) is 5.92. The van der Waals surface area contributed by atoms with E-state index in [-0.39, 0.29) is 5.56 Å². The Morgan fingerprint density at radius 3 is 2.16 bits per heavy atom. The minimum absolute atomic E-state index is 0.0932. The zero-order chi connectivity index (χ0) is 14.0. The minimum Gasteiger partial charge on any atom is -0.309 e. The van der Waals surface area contributed by atoms with Crippen LogP contribution in [0.1, 0.15) is 22.7 Å². The van der Waals surface area contributed by atoms with E-state index in [0.717, 1.165) is 17.2 Å². The van der Waals surface area contributed by atoms with Crippen LogP contribution in [0.5, 0.6) is 0 Å². The molecule has 0 spiro atoms. The lowest BCUT2D eigenvalue weighted by Crippen LogP contribution is -2.20. The van der Waals surface area contributed by atoms with E-state index in [9.17, 15) is 13.2 Å². The van der Waals surface area contributed by atoms with Gasteiger partial charge in [0, 0.05) is 11.6 Å². The Hall–Kier alpha value is -1.81. The van der Waals surface area contributed by atoms with Crippen molar-refractivity contribution in [3.63, 3.8) is 0 Å². The summed E-state index contributed by atoms with van der Waals surface area (Å²) in [5, 5.41) is 2.93. The summed E-state index contributed by atoms with van der Waals surface area (Å²) in [6, 6.07) is 8.37. The van der Waals surface area contributed by atoms with E-state index in [1.54, 1.807) is 7.05 Å². The van der Waals surface area contributed by atoms with Gasteiger partial charge in [-0.05, 0) is 31.2 Å². The predicted octanol–water partition coefficient (Wildman–Crippen LogP) is 3.72. The van der Waals surface area contributed by atoms with Crippen molar-refractivity contribution in [3.8, 4) is 0 Å². The molecule has 0 aromatic heterocycles. The molecule has 0 saturated carbocycles. The summed E-state index contributed by atoms with van der Waals surface area (Å²) in [7, 11) is 1.65. The Bertz CT molecular complexity index is 596. The van der Waals surface area contributed by atoms with Crippen LogP contribution >= 0.6 is 0 Å². The molecule has 2 aromatic carbocycles. The average molecular weight is 265 g/mol. The van der Waals surface area contributed by atoms with Crippen molar-refractivity contribution < 1.29 is 13.2 Å². The first-order valence-corrected chi connectivity index (χ1v) is 5.92. The molecule has 2 rings (SSSR count). The summed E-state index contributed by atoms with van der Waals surface area (Å²) in [5.74, 6) is -2.99. The Kier molecular flexibility index (Phi) is 3.90. The minimum atomic E-state index is -1.18. The van der Waals surface area contributed by atoms with Crippen LogP contribution in [-0.2, 0) is 0 Å². The molecule has 1 unspecified atom stereocenters. The van der Waals surface area contributed by atoms with Crippen molar-refractivity contribution >= 4 is 0 Å². The first kappa shape index (κ1) is 13.6. The van der Waals surface area contributed by atoms with Gasteiger partial charge in [0.05, 0.1) is 6.04 Å². The molecule has 100 valence electrons. The molecule has 0 saturated heterocycles. The van der Waals surface area contributed by atoms with Gasteiger partial charge in [-0.15, -0.1) is 0 Å². The molecule has 1 N–H and O–H groups in total. The second-order valence-electron chi connectivity index (χ2n) is 4.37. The summed E-state index contributed by atoms with van der Waals surface area (Å²) < 4.78 is 40.1. The largest absolute Gasteiger partial charge is 0.309 e. The molecular formula is C15H14F3N. The normalized spacial score (nSPS) is 12.5. The van der Waals surface area contributed by atoms with Crippen LogP contribution in [0.3, 0.4) is 0 Å². The molecule has 0 aliphatic heterocycles. The van der Waals surface area contributed by atoms with Crippen molar-refractivity contribution in [1.82, 2.24) is 5.32 Å². The first-order chi connectivity index (χ1) is 9.04.